The van der Waals surface area contributed by atoms with E-state index in [2.05, 4.69) is 22.5 Å². The molecule has 1 amide bonds. The Labute approximate surface area is 140 Å². The van der Waals surface area contributed by atoms with Gasteiger partial charge >= 0.3 is 6.09 Å². The molecule has 0 bridgehead atoms. The van der Waals surface area contributed by atoms with Crippen LogP contribution in [-0.4, -0.2) is 70.0 Å². The van der Waals surface area contributed by atoms with Crippen molar-refractivity contribution in [3.63, 3.8) is 0 Å². The number of nitrogens with zero attached hydrogens (tertiary/aromatic N) is 2. The molecule has 2 N–H and O–H groups in total. The molecule has 1 atom stereocenters. The zero-order valence-corrected chi connectivity index (χ0v) is 15.7. The number of guanidine groups is 1. The van der Waals surface area contributed by atoms with Crippen LogP contribution in [0.1, 0.15) is 34.1 Å². The van der Waals surface area contributed by atoms with Crippen molar-refractivity contribution in [3.05, 3.63) is 0 Å². The molecule has 0 aromatic rings. The molecule has 0 spiro atoms. The van der Waals surface area contributed by atoms with Crippen LogP contribution >= 0.6 is 0 Å². The molecule has 0 aliphatic heterocycles. The van der Waals surface area contributed by atoms with Crippen LogP contribution in [0.4, 0.5) is 4.79 Å². The number of ether oxygens (including phenoxy) is 2. The maximum Gasteiger partial charge on any atom is 0.410 e. The monoisotopic (exact) mass is 330 g/mol. The molecule has 136 valence electrons. The fraction of sp³-hybridized carbons (Fsp3) is 0.875. The lowest BCUT2D eigenvalue weighted by Gasteiger charge is -2.26. The molecule has 7 heteroatoms. The Balaban J connectivity index is 4.08. The Hall–Kier alpha value is -1.50. The van der Waals surface area contributed by atoms with Gasteiger partial charge in [0.1, 0.15) is 5.60 Å². The molecule has 0 aliphatic carbocycles. The van der Waals surface area contributed by atoms with Gasteiger partial charge in [0.05, 0.1) is 0 Å². The Morgan fingerprint density at radius 2 is 1.96 bits per heavy atom. The molecule has 0 aromatic carbocycles. The summed E-state index contributed by atoms with van der Waals surface area (Å²) in [6.45, 7) is 10.5. The van der Waals surface area contributed by atoms with E-state index in [1.165, 1.54) is 0 Å². The van der Waals surface area contributed by atoms with Crippen LogP contribution < -0.4 is 10.6 Å². The van der Waals surface area contributed by atoms with E-state index < -0.39 is 5.60 Å². The Kier molecular flexibility index (Phi) is 10.4. The number of aliphatic imine (C=N–C) groups is 1. The third kappa shape index (κ3) is 11.7. The van der Waals surface area contributed by atoms with Gasteiger partial charge < -0.3 is 25.0 Å². The predicted molar refractivity (Wildman–Crippen MR) is 93.9 cm³/mol. The van der Waals surface area contributed by atoms with Crippen LogP contribution in [0, 0.1) is 5.92 Å². The zero-order valence-electron chi connectivity index (χ0n) is 15.7. The summed E-state index contributed by atoms with van der Waals surface area (Å²) in [5.74, 6) is 1.03. The minimum absolute atomic E-state index is 0.269. The van der Waals surface area contributed by atoms with Crippen molar-refractivity contribution in [1.29, 1.82) is 0 Å². The SMILES string of the molecule is CN=C(NCCCOC)NCC(C)CN(C)C(=O)OC(C)(C)C. The highest BCUT2D eigenvalue weighted by molar-refractivity contribution is 5.79. The van der Waals surface area contributed by atoms with Gasteiger partial charge in [0.2, 0.25) is 0 Å². The summed E-state index contributed by atoms with van der Waals surface area (Å²) in [6.07, 6.45) is 0.625. The quantitative estimate of drug-likeness (QED) is 0.402. The van der Waals surface area contributed by atoms with Gasteiger partial charge in [0.25, 0.3) is 0 Å². The maximum absolute atomic E-state index is 11.9. The first-order chi connectivity index (χ1) is 10.7. The minimum Gasteiger partial charge on any atom is -0.444 e. The van der Waals surface area contributed by atoms with E-state index in [0.29, 0.717) is 6.54 Å². The lowest BCUT2D eigenvalue weighted by molar-refractivity contribution is 0.0278. The third-order valence-corrected chi connectivity index (χ3v) is 2.95. The molecule has 0 saturated heterocycles. The largest absolute Gasteiger partial charge is 0.444 e. The second-order valence-electron chi connectivity index (χ2n) is 6.69. The number of rotatable bonds is 8. The average Bonchev–Trinajstić information content (AvgIpc) is 2.44. The molecule has 0 rings (SSSR count). The van der Waals surface area contributed by atoms with E-state index in [1.807, 2.05) is 20.8 Å². The molecular weight excluding hydrogens is 296 g/mol. The second kappa shape index (κ2) is 11.1. The first-order valence-electron chi connectivity index (χ1n) is 8.07. The molecular formula is C16H34N4O3. The number of carbonyl (C=O) groups excluding carboxylic acids is 1. The summed E-state index contributed by atoms with van der Waals surface area (Å²) in [4.78, 5) is 17.7. The van der Waals surface area contributed by atoms with Crippen molar-refractivity contribution in [2.45, 2.75) is 39.7 Å². The molecule has 0 radical (unpaired) electrons. The van der Waals surface area contributed by atoms with Crippen molar-refractivity contribution in [3.8, 4) is 0 Å². The summed E-state index contributed by atoms with van der Waals surface area (Å²) >= 11 is 0. The topological polar surface area (TPSA) is 75.2 Å². The average molecular weight is 330 g/mol. The predicted octanol–water partition coefficient (Wildman–Crippen LogP) is 1.69. The number of methoxy groups -OCH3 is 1. The van der Waals surface area contributed by atoms with Gasteiger partial charge in [-0.15, -0.1) is 0 Å². The van der Waals surface area contributed by atoms with Crippen LogP contribution in [0.15, 0.2) is 4.99 Å². The van der Waals surface area contributed by atoms with E-state index in [1.54, 1.807) is 26.1 Å². The number of carbonyl (C=O) groups is 1. The van der Waals surface area contributed by atoms with Gasteiger partial charge in [0.15, 0.2) is 5.96 Å². The highest BCUT2D eigenvalue weighted by atomic mass is 16.6. The Bertz CT molecular complexity index is 367. The lowest BCUT2D eigenvalue weighted by atomic mass is 10.1. The summed E-state index contributed by atoms with van der Waals surface area (Å²) < 4.78 is 10.3. The summed E-state index contributed by atoms with van der Waals surface area (Å²) in [7, 11) is 5.18. The second-order valence-corrected chi connectivity index (χ2v) is 6.69. The highest BCUT2D eigenvalue weighted by Crippen LogP contribution is 2.10. The first-order valence-corrected chi connectivity index (χ1v) is 8.07. The van der Waals surface area contributed by atoms with Crippen molar-refractivity contribution < 1.29 is 14.3 Å². The molecule has 0 aromatic heterocycles. The number of amides is 1. The molecule has 0 fully saturated rings. The van der Waals surface area contributed by atoms with E-state index >= 15 is 0 Å². The smallest absolute Gasteiger partial charge is 0.410 e. The normalized spacial score (nSPS) is 13.4. The van der Waals surface area contributed by atoms with E-state index in [9.17, 15) is 4.79 Å². The zero-order chi connectivity index (χ0) is 17.9. The number of hydrogen-bond donors (Lipinski definition) is 2. The van der Waals surface area contributed by atoms with Crippen molar-refractivity contribution in [1.82, 2.24) is 15.5 Å². The molecule has 0 aliphatic rings. The fourth-order valence-corrected chi connectivity index (χ4v) is 1.86. The van der Waals surface area contributed by atoms with Crippen molar-refractivity contribution in [2.24, 2.45) is 10.9 Å². The molecule has 7 nitrogen and oxygen atoms in total. The van der Waals surface area contributed by atoms with E-state index in [-0.39, 0.29) is 12.0 Å². The number of hydrogen-bond acceptors (Lipinski definition) is 4. The van der Waals surface area contributed by atoms with Crippen LogP contribution in [0.25, 0.3) is 0 Å². The number of nitrogens with one attached hydrogen (secondary N) is 2. The summed E-state index contributed by atoms with van der Waals surface area (Å²) in [5.41, 5.74) is -0.471. The summed E-state index contributed by atoms with van der Waals surface area (Å²) in [6, 6.07) is 0. The molecule has 0 heterocycles. The van der Waals surface area contributed by atoms with Gasteiger partial charge in [0, 0.05) is 47.4 Å². The van der Waals surface area contributed by atoms with E-state index in [0.717, 1.165) is 32.1 Å². The van der Waals surface area contributed by atoms with Gasteiger partial charge in [-0.05, 0) is 33.1 Å². The first kappa shape index (κ1) is 21.5. The molecule has 1 unspecified atom stereocenters. The molecule has 23 heavy (non-hydrogen) atoms. The Morgan fingerprint density at radius 3 is 2.48 bits per heavy atom. The van der Waals surface area contributed by atoms with Crippen LogP contribution in [0.2, 0.25) is 0 Å². The van der Waals surface area contributed by atoms with Crippen molar-refractivity contribution in [2.75, 3.05) is 47.4 Å². The third-order valence-electron chi connectivity index (χ3n) is 2.95. The maximum atomic E-state index is 11.9. The fourth-order valence-electron chi connectivity index (χ4n) is 1.86. The van der Waals surface area contributed by atoms with Crippen LogP contribution in [-0.2, 0) is 9.47 Å². The minimum atomic E-state index is -0.471. The van der Waals surface area contributed by atoms with Crippen LogP contribution in [0.3, 0.4) is 0 Å². The Morgan fingerprint density at radius 1 is 1.30 bits per heavy atom. The van der Waals surface area contributed by atoms with Gasteiger partial charge in [-0.25, -0.2) is 4.79 Å². The van der Waals surface area contributed by atoms with Gasteiger partial charge in [-0.3, -0.25) is 4.99 Å². The van der Waals surface area contributed by atoms with Gasteiger partial charge in [-0.1, -0.05) is 6.92 Å². The summed E-state index contributed by atoms with van der Waals surface area (Å²) in [5, 5.41) is 6.48. The van der Waals surface area contributed by atoms with Crippen molar-refractivity contribution >= 4 is 12.1 Å². The standard InChI is InChI=1S/C16H34N4O3/c1-13(12-20(6)15(21)23-16(2,3)4)11-19-14(17-5)18-9-8-10-22-7/h13H,8-12H2,1-7H3,(H2,17,18,19). The van der Waals surface area contributed by atoms with Gasteiger partial charge in [-0.2, -0.15) is 0 Å². The highest BCUT2D eigenvalue weighted by Gasteiger charge is 2.20. The molecule has 0 saturated carbocycles. The van der Waals surface area contributed by atoms with E-state index in [4.69, 9.17) is 9.47 Å². The lowest BCUT2D eigenvalue weighted by Crippen LogP contribution is -2.43. The van der Waals surface area contributed by atoms with Crippen LogP contribution in [0.5, 0.6) is 0 Å².